The molecule has 1 nitrogen and oxygen atoms in total. The quantitative estimate of drug-likeness (QED) is 0.457. The molecule has 0 unspecified atom stereocenters. The monoisotopic (exact) mass is 402 g/mol. The Kier molecular flexibility index (Phi) is 6.00. The first-order valence-corrected chi connectivity index (χ1v) is 11.6. The van der Waals surface area contributed by atoms with Gasteiger partial charge in [-0.25, -0.2) is 0 Å². The number of rotatable bonds is 5. The molecule has 3 aromatic carbocycles. The summed E-state index contributed by atoms with van der Waals surface area (Å²) in [4.78, 5) is 14.8. The van der Waals surface area contributed by atoms with Crippen molar-refractivity contribution in [2.75, 3.05) is 0 Å². The average molecular weight is 401 g/mol. The van der Waals surface area contributed by atoms with Crippen molar-refractivity contribution >= 4 is 45.4 Å². The Morgan fingerprint density at radius 2 is 1.26 bits per heavy atom. The maximum absolute atomic E-state index is 12.6. The van der Waals surface area contributed by atoms with E-state index in [1.54, 1.807) is 0 Å². The van der Waals surface area contributed by atoms with E-state index in [9.17, 15) is 4.79 Å². The zero-order valence-corrected chi connectivity index (χ0v) is 15.6. The number of thioether (sulfide) groups is 1. The molecule has 0 spiro atoms. The molecule has 3 aromatic rings. The second kappa shape index (κ2) is 8.42. The molecule has 3 rings (SSSR count). The first kappa shape index (κ1) is 16.4. The molecule has 0 aromatic heterocycles. The van der Waals surface area contributed by atoms with Crippen LogP contribution in [-0.2, 0) is 0 Å². The van der Waals surface area contributed by atoms with E-state index in [0.717, 1.165) is 14.9 Å². The number of carbonyl (C=O) groups is 1. The number of carbonyl (C=O) groups excluding carboxylic acids is 1. The minimum atomic E-state index is 0.113. The summed E-state index contributed by atoms with van der Waals surface area (Å²) in [5.74, 6) is 0. The van der Waals surface area contributed by atoms with Crippen LogP contribution in [0.3, 0.4) is 0 Å². The van der Waals surface area contributed by atoms with E-state index in [4.69, 9.17) is 0 Å². The van der Waals surface area contributed by atoms with Gasteiger partial charge in [0.25, 0.3) is 0 Å². The van der Waals surface area contributed by atoms with Crippen LogP contribution in [-0.4, -0.2) is 19.0 Å². The Morgan fingerprint density at radius 1 is 0.696 bits per heavy atom. The molecule has 0 aliphatic rings. The van der Waals surface area contributed by atoms with Crippen molar-refractivity contribution in [3.05, 3.63) is 90.5 Å². The Bertz CT molecular complexity index is 776. The Balaban J connectivity index is 1.73. The van der Waals surface area contributed by atoms with E-state index in [0.29, 0.717) is 0 Å². The summed E-state index contributed by atoms with van der Waals surface area (Å²) in [6, 6.07) is 28.1. The van der Waals surface area contributed by atoms with Crippen LogP contribution in [0.2, 0.25) is 0 Å². The van der Waals surface area contributed by atoms with Crippen LogP contribution >= 0.6 is 21.9 Å². The van der Waals surface area contributed by atoms with Gasteiger partial charge < -0.3 is 0 Å². The molecule has 0 aliphatic heterocycles. The molecule has 0 atom stereocenters. The van der Waals surface area contributed by atoms with Crippen LogP contribution in [0.5, 0.6) is 0 Å². The van der Waals surface area contributed by atoms with Gasteiger partial charge in [0, 0.05) is 0 Å². The van der Waals surface area contributed by atoms with E-state index in [1.165, 1.54) is 16.7 Å². The zero-order valence-electron chi connectivity index (χ0n) is 12.2. The van der Waals surface area contributed by atoms with Gasteiger partial charge in [-0.1, -0.05) is 0 Å². The fourth-order valence-corrected chi connectivity index (χ4v) is 6.76. The van der Waals surface area contributed by atoms with Crippen molar-refractivity contribution in [2.45, 2.75) is 9.79 Å². The predicted octanol–water partition coefficient (Wildman–Crippen LogP) is 4.66. The van der Waals surface area contributed by atoms with E-state index in [1.807, 2.05) is 76.9 Å². The maximum atomic E-state index is 12.6. The van der Waals surface area contributed by atoms with Crippen molar-refractivity contribution in [2.24, 2.45) is 0 Å². The van der Waals surface area contributed by atoms with Gasteiger partial charge in [-0.3, -0.25) is 0 Å². The molecule has 0 fully saturated rings. The molecule has 0 saturated heterocycles. The van der Waals surface area contributed by atoms with Gasteiger partial charge in [-0.2, -0.15) is 0 Å². The molecule has 0 bridgehead atoms. The van der Waals surface area contributed by atoms with Gasteiger partial charge in [0.05, 0.1) is 0 Å². The molecule has 0 heterocycles. The fourth-order valence-electron chi connectivity index (χ4n) is 1.93. The van der Waals surface area contributed by atoms with Gasteiger partial charge in [0.2, 0.25) is 0 Å². The molecule has 0 N–H and O–H groups in total. The Labute approximate surface area is 150 Å². The SMILES string of the molecule is O=C(Sc1ccccc1)c1ccccc1[Se]Sc1ccccc1. The molecule has 23 heavy (non-hydrogen) atoms. The van der Waals surface area contributed by atoms with Crippen LogP contribution in [0.4, 0.5) is 0 Å². The summed E-state index contributed by atoms with van der Waals surface area (Å²) in [7, 11) is 1.81. The second-order valence-electron chi connectivity index (χ2n) is 4.68. The first-order chi connectivity index (χ1) is 11.3. The van der Waals surface area contributed by atoms with E-state index in [2.05, 4.69) is 18.2 Å². The van der Waals surface area contributed by atoms with Crippen LogP contribution in [0, 0.1) is 0 Å². The molecule has 0 saturated carbocycles. The average Bonchev–Trinajstić information content (AvgIpc) is 2.62. The first-order valence-electron chi connectivity index (χ1n) is 7.09. The summed E-state index contributed by atoms with van der Waals surface area (Å²) in [5, 5.41) is 0.113. The Morgan fingerprint density at radius 3 is 1.96 bits per heavy atom. The fraction of sp³-hybridized carbons (Fsp3) is 0. The summed E-state index contributed by atoms with van der Waals surface area (Å²) in [6.45, 7) is 0. The normalized spacial score (nSPS) is 10.4. The van der Waals surface area contributed by atoms with E-state index < -0.39 is 0 Å². The van der Waals surface area contributed by atoms with Crippen molar-refractivity contribution in [3.63, 3.8) is 0 Å². The third-order valence-corrected chi connectivity index (χ3v) is 8.29. The number of benzene rings is 3. The van der Waals surface area contributed by atoms with Crippen LogP contribution in [0.25, 0.3) is 0 Å². The standard InChI is InChI=1S/C19H14OS2Se/c20-19(21-15-9-3-1-4-10-15)17-13-7-8-14-18(17)23-22-16-11-5-2-6-12-16/h1-14H. The summed E-state index contributed by atoms with van der Waals surface area (Å²) >= 11 is 1.47. The van der Waals surface area contributed by atoms with Gasteiger partial charge in [0.15, 0.2) is 0 Å². The number of hydrogen-bond acceptors (Lipinski definition) is 3. The minimum absolute atomic E-state index is 0.113. The van der Waals surface area contributed by atoms with Crippen molar-refractivity contribution in [3.8, 4) is 0 Å². The van der Waals surface area contributed by atoms with Gasteiger partial charge in [0.1, 0.15) is 0 Å². The third kappa shape index (κ3) is 4.76. The summed E-state index contributed by atoms with van der Waals surface area (Å²) in [5.41, 5.74) is 0.824. The van der Waals surface area contributed by atoms with E-state index >= 15 is 0 Å². The van der Waals surface area contributed by atoms with Gasteiger partial charge in [-0.05, 0) is 0 Å². The summed E-state index contributed by atoms with van der Waals surface area (Å²) < 4.78 is 1.14. The molecule has 0 amide bonds. The topological polar surface area (TPSA) is 17.1 Å². The summed E-state index contributed by atoms with van der Waals surface area (Å²) in [6.07, 6.45) is 0. The van der Waals surface area contributed by atoms with Crippen LogP contribution in [0.15, 0.2) is 94.7 Å². The molecule has 4 heteroatoms. The molecular formula is C19H14OS2Se. The number of hydrogen-bond donors (Lipinski definition) is 0. The van der Waals surface area contributed by atoms with Crippen molar-refractivity contribution in [1.82, 2.24) is 0 Å². The molecule has 114 valence electrons. The third-order valence-electron chi connectivity index (χ3n) is 3.03. The van der Waals surface area contributed by atoms with Gasteiger partial charge >= 0.3 is 150 Å². The van der Waals surface area contributed by atoms with Crippen molar-refractivity contribution in [1.29, 1.82) is 0 Å². The molecular weight excluding hydrogens is 387 g/mol. The van der Waals surface area contributed by atoms with Crippen LogP contribution in [0.1, 0.15) is 10.4 Å². The van der Waals surface area contributed by atoms with Gasteiger partial charge in [-0.15, -0.1) is 0 Å². The second-order valence-corrected chi connectivity index (χ2v) is 9.55. The molecule has 0 radical (unpaired) electrons. The van der Waals surface area contributed by atoms with Crippen molar-refractivity contribution < 1.29 is 4.79 Å². The molecule has 0 aliphatic carbocycles. The van der Waals surface area contributed by atoms with E-state index in [-0.39, 0.29) is 19.0 Å². The zero-order chi connectivity index (χ0) is 15.9. The Hall–Kier alpha value is -1.45. The predicted molar refractivity (Wildman–Crippen MR) is 101 cm³/mol. The van der Waals surface area contributed by atoms with Crippen LogP contribution < -0.4 is 4.46 Å².